The van der Waals surface area contributed by atoms with Crippen LogP contribution in [0.5, 0.6) is 0 Å². The van der Waals surface area contributed by atoms with E-state index in [0.29, 0.717) is 23.2 Å². The molecule has 4 heteroatoms. The SMILES string of the molecule is C=C1CCC2C(C)(C)CCCC2(C)C1CCC1OC(OC(C)C)CC1=COC(C)=O. The van der Waals surface area contributed by atoms with Gasteiger partial charge in [0.1, 0.15) is 0 Å². The summed E-state index contributed by atoms with van der Waals surface area (Å²) in [5, 5.41) is 0. The van der Waals surface area contributed by atoms with Crippen LogP contribution in [0.3, 0.4) is 0 Å². The first kappa shape index (κ1) is 23.5. The lowest BCUT2D eigenvalue weighted by Crippen LogP contribution is -2.49. The van der Waals surface area contributed by atoms with Crippen LogP contribution in [0.25, 0.3) is 0 Å². The molecule has 0 aromatic rings. The Kier molecular flexibility index (Phi) is 7.18. The molecule has 0 spiro atoms. The summed E-state index contributed by atoms with van der Waals surface area (Å²) in [7, 11) is 0. The van der Waals surface area contributed by atoms with Crippen molar-refractivity contribution >= 4 is 5.97 Å². The minimum atomic E-state index is -0.296. The summed E-state index contributed by atoms with van der Waals surface area (Å²) in [6.07, 6.45) is 10.4. The van der Waals surface area contributed by atoms with Crippen molar-refractivity contribution < 1.29 is 19.0 Å². The zero-order valence-corrected chi connectivity index (χ0v) is 20.0. The number of hydrogen-bond donors (Lipinski definition) is 0. The molecular weight excluding hydrogens is 376 g/mol. The van der Waals surface area contributed by atoms with Crippen LogP contribution in [0.4, 0.5) is 0 Å². The number of allylic oxidation sites excluding steroid dienone is 1. The molecule has 0 bridgehead atoms. The maximum Gasteiger partial charge on any atom is 0.307 e. The molecule has 170 valence electrons. The van der Waals surface area contributed by atoms with Gasteiger partial charge in [-0.2, -0.15) is 0 Å². The molecule has 5 atom stereocenters. The number of rotatable bonds is 6. The first-order valence-electron chi connectivity index (χ1n) is 11.9. The van der Waals surface area contributed by atoms with Crippen molar-refractivity contribution in [3.8, 4) is 0 Å². The second-order valence-electron chi connectivity index (χ2n) is 11.0. The van der Waals surface area contributed by atoms with Crippen LogP contribution in [-0.2, 0) is 19.0 Å². The van der Waals surface area contributed by atoms with Crippen LogP contribution < -0.4 is 0 Å². The Labute approximate surface area is 183 Å². The van der Waals surface area contributed by atoms with Gasteiger partial charge in [0.15, 0.2) is 6.29 Å². The van der Waals surface area contributed by atoms with Crippen molar-refractivity contribution in [3.63, 3.8) is 0 Å². The highest BCUT2D eigenvalue weighted by molar-refractivity contribution is 5.66. The van der Waals surface area contributed by atoms with Crippen LogP contribution in [0.15, 0.2) is 24.0 Å². The van der Waals surface area contributed by atoms with Gasteiger partial charge in [0, 0.05) is 13.3 Å². The Balaban J connectivity index is 1.73. The fourth-order valence-corrected chi connectivity index (χ4v) is 6.69. The van der Waals surface area contributed by atoms with E-state index in [2.05, 4.69) is 27.4 Å². The third kappa shape index (κ3) is 5.02. The average Bonchev–Trinajstić information content (AvgIpc) is 2.99. The summed E-state index contributed by atoms with van der Waals surface area (Å²) in [6.45, 7) is 17.4. The van der Waals surface area contributed by atoms with Crippen molar-refractivity contribution in [1.29, 1.82) is 0 Å². The van der Waals surface area contributed by atoms with Crippen molar-refractivity contribution in [1.82, 2.24) is 0 Å². The lowest BCUT2D eigenvalue weighted by Gasteiger charge is -2.58. The van der Waals surface area contributed by atoms with Gasteiger partial charge in [0.05, 0.1) is 18.5 Å². The molecule has 5 unspecified atom stereocenters. The number of carbonyl (C=O) groups is 1. The fourth-order valence-electron chi connectivity index (χ4n) is 6.69. The van der Waals surface area contributed by atoms with Gasteiger partial charge in [-0.3, -0.25) is 4.79 Å². The van der Waals surface area contributed by atoms with Crippen molar-refractivity contribution in [2.45, 2.75) is 111 Å². The van der Waals surface area contributed by atoms with Crippen molar-refractivity contribution in [2.24, 2.45) is 22.7 Å². The van der Waals surface area contributed by atoms with E-state index in [1.54, 1.807) is 6.26 Å². The molecule has 4 nitrogen and oxygen atoms in total. The number of hydrogen-bond acceptors (Lipinski definition) is 4. The zero-order chi connectivity index (χ0) is 22.1. The number of esters is 1. The molecule has 0 aromatic heterocycles. The zero-order valence-electron chi connectivity index (χ0n) is 20.0. The second kappa shape index (κ2) is 9.16. The van der Waals surface area contributed by atoms with Crippen molar-refractivity contribution in [3.05, 3.63) is 24.0 Å². The van der Waals surface area contributed by atoms with Crippen LogP contribution in [0.1, 0.15) is 92.9 Å². The quantitative estimate of drug-likeness (QED) is 0.279. The Bertz CT molecular complexity index is 677. The summed E-state index contributed by atoms with van der Waals surface area (Å²) < 4.78 is 17.3. The maximum atomic E-state index is 11.3. The highest BCUT2D eigenvalue weighted by atomic mass is 16.7. The van der Waals surface area contributed by atoms with E-state index in [9.17, 15) is 4.79 Å². The summed E-state index contributed by atoms with van der Waals surface area (Å²) in [6, 6.07) is 0. The largest absolute Gasteiger partial charge is 0.435 e. The minimum absolute atomic E-state index is 0.0542. The molecule has 0 radical (unpaired) electrons. The van der Waals surface area contributed by atoms with Crippen LogP contribution in [0, 0.1) is 22.7 Å². The van der Waals surface area contributed by atoms with E-state index in [4.69, 9.17) is 14.2 Å². The Morgan fingerprint density at radius 2 is 2.00 bits per heavy atom. The molecule has 2 aliphatic carbocycles. The van der Waals surface area contributed by atoms with Gasteiger partial charge in [0.25, 0.3) is 0 Å². The van der Waals surface area contributed by atoms with Gasteiger partial charge in [-0.05, 0) is 80.6 Å². The second-order valence-corrected chi connectivity index (χ2v) is 11.0. The molecule has 0 N–H and O–H groups in total. The third-order valence-corrected chi connectivity index (χ3v) is 7.97. The highest BCUT2D eigenvalue weighted by Crippen LogP contribution is 2.61. The predicted molar refractivity (Wildman–Crippen MR) is 120 cm³/mol. The average molecular weight is 419 g/mol. The van der Waals surface area contributed by atoms with Gasteiger partial charge in [-0.25, -0.2) is 0 Å². The third-order valence-electron chi connectivity index (χ3n) is 7.97. The van der Waals surface area contributed by atoms with E-state index >= 15 is 0 Å². The molecule has 3 rings (SSSR count). The van der Waals surface area contributed by atoms with Gasteiger partial charge < -0.3 is 14.2 Å². The standard InChI is InChI=1S/C26H42O4/c1-17(2)29-24-15-20(16-28-19(4)27)22(30-24)11-10-21-18(3)9-12-23-25(5,6)13-8-14-26(21,23)7/h16-17,21-24H,3,8-15H2,1-2,4-7H3. The summed E-state index contributed by atoms with van der Waals surface area (Å²) in [5.41, 5.74) is 3.18. The highest BCUT2D eigenvalue weighted by Gasteiger charge is 2.52. The fraction of sp³-hybridized carbons (Fsp3) is 0.808. The number of fused-ring (bicyclic) bond motifs is 1. The van der Waals surface area contributed by atoms with E-state index in [1.807, 2.05) is 13.8 Å². The van der Waals surface area contributed by atoms with Crippen LogP contribution >= 0.6 is 0 Å². The first-order chi connectivity index (χ1) is 14.0. The minimum Gasteiger partial charge on any atom is -0.435 e. The topological polar surface area (TPSA) is 44.8 Å². The van der Waals surface area contributed by atoms with Gasteiger partial charge in [0.2, 0.25) is 0 Å². The van der Waals surface area contributed by atoms with E-state index in [-0.39, 0.29) is 24.5 Å². The Hall–Kier alpha value is -1.13. The molecule has 0 aromatic carbocycles. The number of ether oxygens (including phenoxy) is 3. The molecule has 2 saturated carbocycles. The molecule has 3 fully saturated rings. The molecule has 3 aliphatic rings. The molecule has 30 heavy (non-hydrogen) atoms. The molecular formula is C26H42O4. The van der Waals surface area contributed by atoms with Gasteiger partial charge in [-0.1, -0.05) is 39.3 Å². The van der Waals surface area contributed by atoms with Gasteiger partial charge in [-0.15, -0.1) is 0 Å². The Morgan fingerprint density at radius 3 is 2.67 bits per heavy atom. The summed E-state index contributed by atoms with van der Waals surface area (Å²) in [4.78, 5) is 11.3. The summed E-state index contributed by atoms with van der Waals surface area (Å²) in [5.74, 6) is 0.987. The monoisotopic (exact) mass is 418 g/mol. The summed E-state index contributed by atoms with van der Waals surface area (Å²) >= 11 is 0. The lowest BCUT2D eigenvalue weighted by molar-refractivity contribution is -0.155. The maximum absolute atomic E-state index is 11.3. The van der Waals surface area contributed by atoms with Crippen LogP contribution in [-0.4, -0.2) is 24.5 Å². The smallest absolute Gasteiger partial charge is 0.307 e. The first-order valence-corrected chi connectivity index (χ1v) is 11.9. The predicted octanol–water partition coefficient (Wildman–Crippen LogP) is 6.55. The lowest BCUT2D eigenvalue weighted by atomic mass is 9.47. The van der Waals surface area contributed by atoms with Crippen LogP contribution in [0.2, 0.25) is 0 Å². The normalized spacial score (nSPS) is 37.4. The Morgan fingerprint density at radius 1 is 1.27 bits per heavy atom. The molecule has 0 amide bonds. The number of carbonyl (C=O) groups excluding carboxylic acids is 1. The molecule has 1 saturated heterocycles. The van der Waals surface area contributed by atoms with Crippen molar-refractivity contribution in [2.75, 3.05) is 0 Å². The molecule has 1 aliphatic heterocycles. The molecule has 1 heterocycles. The van der Waals surface area contributed by atoms with E-state index in [0.717, 1.165) is 30.8 Å². The van der Waals surface area contributed by atoms with E-state index < -0.39 is 0 Å². The van der Waals surface area contributed by atoms with Gasteiger partial charge >= 0.3 is 5.97 Å². The van der Waals surface area contributed by atoms with E-state index in [1.165, 1.54) is 38.2 Å².